The summed E-state index contributed by atoms with van der Waals surface area (Å²) in [6.07, 6.45) is 15.7. The van der Waals surface area contributed by atoms with Gasteiger partial charge >= 0.3 is 0 Å². The van der Waals surface area contributed by atoms with Crippen LogP contribution in [0.15, 0.2) is 35.2 Å². The SMILES string of the molecule is [CH2]CCCCCCCCCCCCC[CH]S(=O)(=O)c1ccccc1. The highest BCUT2D eigenvalue weighted by atomic mass is 32.2. The van der Waals surface area contributed by atoms with E-state index in [0.29, 0.717) is 11.3 Å². The molecule has 0 aliphatic heterocycles. The maximum atomic E-state index is 12.1. The fraction of sp³-hybridized carbons (Fsp3) is 0.619. The first-order valence-corrected chi connectivity index (χ1v) is 11.1. The van der Waals surface area contributed by atoms with Gasteiger partial charge in [-0.25, -0.2) is 8.42 Å². The minimum Gasteiger partial charge on any atom is -0.223 e. The summed E-state index contributed by atoms with van der Waals surface area (Å²) in [6.45, 7) is 3.87. The van der Waals surface area contributed by atoms with Gasteiger partial charge in [0.05, 0.1) is 10.6 Å². The Morgan fingerprint density at radius 1 is 0.708 bits per heavy atom. The molecule has 0 unspecified atom stereocenters. The molecule has 0 bridgehead atoms. The Morgan fingerprint density at radius 2 is 1.17 bits per heavy atom. The van der Waals surface area contributed by atoms with Gasteiger partial charge in [0.25, 0.3) is 0 Å². The molecular weight excluding hydrogens is 316 g/mol. The van der Waals surface area contributed by atoms with Gasteiger partial charge in [0.2, 0.25) is 0 Å². The Labute approximate surface area is 150 Å². The predicted molar refractivity (Wildman–Crippen MR) is 103 cm³/mol. The van der Waals surface area contributed by atoms with Crippen LogP contribution in [0.3, 0.4) is 0 Å². The lowest BCUT2D eigenvalue weighted by atomic mass is 10.1. The zero-order valence-electron chi connectivity index (χ0n) is 15.1. The molecule has 2 radical (unpaired) electrons. The summed E-state index contributed by atoms with van der Waals surface area (Å²) in [6, 6.07) is 8.68. The van der Waals surface area contributed by atoms with Crippen LogP contribution >= 0.6 is 0 Å². The lowest BCUT2D eigenvalue weighted by Crippen LogP contribution is -2.01. The second-order valence-corrected chi connectivity index (χ2v) is 8.45. The summed E-state index contributed by atoms with van der Waals surface area (Å²) in [4.78, 5) is 0.403. The van der Waals surface area contributed by atoms with Gasteiger partial charge in [-0.1, -0.05) is 102 Å². The summed E-state index contributed by atoms with van der Waals surface area (Å²) in [5, 5.41) is 0. The molecule has 0 fully saturated rings. The predicted octanol–water partition coefficient (Wildman–Crippen LogP) is 6.53. The topological polar surface area (TPSA) is 34.1 Å². The van der Waals surface area contributed by atoms with Crippen LogP contribution in [0.1, 0.15) is 83.5 Å². The maximum absolute atomic E-state index is 12.1. The second-order valence-electron chi connectivity index (χ2n) is 6.56. The van der Waals surface area contributed by atoms with Crippen molar-refractivity contribution >= 4 is 9.84 Å². The van der Waals surface area contributed by atoms with Gasteiger partial charge in [-0.2, -0.15) is 0 Å². The van der Waals surface area contributed by atoms with E-state index >= 15 is 0 Å². The molecule has 0 saturated heterocycles. The Kier molecular flexibility index (Phi) is 11.9. The lowest BCUT2D eigenvalue weighted by Gasteiger charge is -2.04. The summed E-state index contributed by atoms with van der Waals surface area (Å²) in [5.41, 5.74) is 0. The third-order valence-corrected chi connectivity index (χ3v) is 5.97. The Hall–Kier alpha value is -0.830. The van der Waals surface area contributed by atoms with Crippen LogP contribution in [0.2, 0.25) is 0 Å². The smallest absolute Gasteiger partial charge is 0.182 e. The molecule has 0 aliphatic rings. The van der Waals surface area contributed by atoms with Crippen LogP contribution < -0.4 is 0 Å². The summed E-state index contributed by atoms with van der Waals surface area (Å²) in [7, 11) is -3.20. The van der Waals surface area contributed by atoms with Crippen LogP contribution in [0.4, 0.5) is 0 Å². The highest BCUT2D eigenvalue weighted by Gasteiger charge is 2.13. The van der Waals surface area contributed by atoms with E-state index in [1.54, 1.807) is 24.3 Å². The Bertz CT molecular complexity index is 494. The number of rotatable bonds is 15. The molecule has 0 amide bonds. The normalized spacial score (nSPS) is 11.7. The van der Waals surface area contributed by atoms with E-state index in [1.807, 2.05) is 6.07 Å². The third kappa shape index (κ3) is 10.1. The van der Waals surface area contributed by atoms with E-state index in [-0.39, 0.29) is 0 Å². The van der Waals surface area contributed by atoms with Gasteiger partial charge in [-0.3, -0.25) is 0 Å². The first kappa shape index (κ1) is 21.2. The summed E-state index contributed by atoms with van der Waals surface area (Å²) >= 11 is 0. The van der Waals surface area contributed by atoms with Crippen molar-refractivity contribution in [3.63, 3.8) is 0 Å². The molecule has 136 valence electrons. The van der Waals surface area contributed by atoms with E-state index in [4.69, 9.17) is 0 Å². The van der Waals surface area contributed by atoms with Crippen LogP contribution in [-0.2, 0) is 9.84 Å². The van der Waals surface area contributed by atoms with E-state index < -0.39 is 9.84 Å². The van der Waals surface area contributed by atoms with Crippen molar-refractivity contribution < 1.29 is 8.42 Å². The molecule has 0 aliphatic carbocycles. The van der Waals surface area contributed by atoms with Crippen molar-refractivity contribution in [1.29, 1.82) is 0 Å². The third-order valence-electron chi connectivity index (χ3n) is 4.36. The molecule has 0 spiro atoms. The van der Waals surface area contributed by atoms with E-state index in [0.717, 1.165) is 19.3 Å². The van der Waals surface area contributed by atoms with Crippen molar-refractivity contribution in [1.82, 2.24) is 0 Å². The average molecular weight is 351 g/mol. The van der Waals surface area contributed by atoms with E-state index in [1.165, 1.54) is 63.5 Å². The first-order valence-electron chi connectivity index (χ1n) is 9.59. The van der Waals surface area contributed by atoms with Gasteiger partial charge in [-0.15, -0.1) is 0 Å². The molecule has 0 aromatic heterocycles. The number of hydrogen-bond acceptors (Lipinski definition) is 2. The molecule has 24 heavy (non-hydrogen) atoms. The molecule has 0 saturated carbocycles. The fourth-order valence-corrected chi connectivity index (χ4v) is 4.06. The van der Waals surface area contributed by atoms with Gasteiger partial charge in [-0.05, 0) is 18.6 Å². The van der Waals surface area contributed by atoms with Crippen LogP contribution in [0, 0.1) is 12.7 Å². The second kappa shape index (κ2) is 13.5. The highest BCUT2D eigenvalue weighted by molar-refractivity contribution is 7.93. The molecule has 0 atom stereocenters. The Morgan fingerprint density at radius 3 is 1.67 bits per heavy atom. The molecular formula is C21H34O2S. The average Bonchev–Trinajstić information content (AvgIpc) is 2.60. The van der Waals surface area contributed by atoms with Crippen LogP contribution in [-0.4, -0.2) is 8.42 Å². The molecule has 0 N–H and O–H groups in total. The number of hydrogen-bond donors (Lipinski definition) is 0. The zero-order valence-corrected chi connectivity index (χ0v) is 15.9. The highest BCUT2D eigenvalue weighted by Crippen LogP contribution is 2.17. The zero-order chi connectivity index (χ0) is 17.5. The minimum absolute atomic E-state index is 0.403. The van der Waals surface area contributed by atoms with Crippen molar-refractivity contribution in [3.8, 4) is 0 Å². The standard InChI is InChI=1S/C21H34O2S/c1-2-3-4-5-6-7-8-9-10-11-12-13-17-20-24(22,23)21-18-15-14-16-19-21/h14-16,18-20H,1-13,17H2. The Balaban J connectivity index is 1.92. The number of sulfone groups is 1. The van der Waals surface area contributed by atoms with Gasteiger partial charge in [0.1, 0.15) is 0 Å². The lowest BCUT2D eigenvalue weighted by molar-refractivity contribution is 0.545. The van der Waals surface area contributed by atoms with E-state index in [2.05, 4.69) is 6.92 Å². The molecule has 2 nitrogen and oxygen atoms in total. The summed E-state index contributed by atoms with van der Waals surface area (Å²) in [5.74, 6) is 1.48. The molecule has 0 heterocycles. The van der Waals surface area contributed by atoms with Crippen molar-refractivity contribution in [2.45, 2.75) is 88.4 Å². The van der Waals surface area contributed by atoms with E-state index in [9.17, 15) is 8.42 Å². The molecule has 1 aromatic carbocycles. The van der Waals surface area contributed by atoms with Gasteiger partial charge < -0.3 is 0 Å². The van der Waals surface area contributed by atoms with Crippen LogP contribution in [0.5, 0.6) is 0 Å². The van der Waals surface area contributed by atoms with Crippen LogP contribution in [0.25, 0.3) is 0 Å². The quantitative estimate of drug-likeness (QED) is 0.337. The van der Waals surface area contributed by atoms with Crippen molar-refractivity contribution in [2.24, 2.45) is 0 Å². The number of benzene rings is 1. The monoisotopic (exact) mass is 350 g/mol. The number of unbranched alkanes of at least 4 members (excludes halogenated alkanes) is 12. The largest absolute Gasteiger partial charge is 0.223 e. The van der Waals surface area contributed by atoms with Gasteiger partial charge in [0.15, 0.2) is 9.84 Å². The molecule has 1 aromatic rings. The first-order chi connectivity index (χ1) is 11.7. The van der Waals surface area contributed by atoms with Gasteiger partial charge in [0, 0.05) is 0 Å². The maximum Gasteiger partial charge on any atom is 0.182 e. The summed E-state index contributed by atoms with van der Waals surface area (Å²) < 4.78 is 24.1. The molecule has 3 heteroatoms. The minimum atomic E-state index is -3.20. The van der Waals surface area contributed by atoms with Crippen molar-refractivity contribution in [3.05, 3.63) is 43.0 Å². The molecule has 1 rings (SSSR count). The fourth-order valence-electron chi connectivity index (χ4n) is 2.86. The van der Waals surface area contributed by atoms with Crippen molar-refractivity contribution in [2.75, 3.05) is 0 Å².